The molecule has 1 amide bonds. The Balaban J connectivity index is 1.52. The van der Waals surface area contributed by atoms with E-state index in [1.165, 1.54) is 11.1 Å². The van der Waals surface area contributed by atoms with Crippen molar-refractivity contribution in [2.75, 3.05) is 19.0 Å². The van der Waals surface area contributed by atoms with Crippen molar-refractivity contribution in [2.45, 2.75) is 19.3 Å². The van der Waals surface area contributed by atoms with Gasteiger partial charge in [-0.15, -0.1) is 0 Å². The van der Waals surface area contributed by atoms with Crippen LogP contribution in [0.15, 0.2) is 42.5 Å². The lowest BCUT2D eigenvalue weighted by molar-refractivity contribution is -0.119. The summed E-state index contributed by atoms with van der Waals surface area (Å²) < 4.78 is 10.1. The van der Waals surface area contributed by atoms with Crippen molar-refractivity contribution in [2.24, 2.45) is 0 Å². The van der Waals surface area contributed by atoms with Crippen LogP contribution in [0.3, 0.4) is 0 Å². The summed E-state index contributed by atoms with van der Waals surface area (Å²) in [6.45, 7) is -0.318. The van der Waals surface area contributed by atoms with Crippen LogP contribution < -0.4 is 10.1 Å². The van der Waals surface area contributed by atoms with Crippen molar-refractivity contribution in [1.82, 2.24) is 0 Å². The maximum absolute atomic E-state index is 12.1. The fourth-order valence-electron chi connectivity index (χ4n) is 2.78. The minimum absolute atomic E-state index is 0.318. The van der Waals surface area contributed by atoms with E-state index in [1.54, 1.807) is 37.4 Å². The molecule has 2 aromatic rings. The number of hydrogen-bond acceptors (Lipinski definition) is 4. The number of fused-ring (bicyclic) bond motifs is 1. The third-order valence-corrected chi connectivity index (χ3v) is 4.04. The molecule has 0 heterocycles. The van der Waals surface area contributed by atoms with E-state index in [4.69, 9.17) is 9.47 Å². The van der Waals surface area contributed by atoms with Crippen LogP contribution in [0.25, 0.3) is 0 Å². The standard InChI is InChI=1S/C19H19NO4/c1-23-17-9-7-16(8-10-17)20-18(21)12-24-19(22)15-6-5-13-3-2-4-14(13)11-15/h5-11H,2-4,12H2,1H3,(H,20,21). The van der Waals surface area contributed by atoms with Gasteiger partial charge in [-0.1, -0.05) is 6.07 Å². The summed E-state index contributed by atoms with van der Waals surface area (Å²) in [5.41, 5.74) is 3.61. The first kappa shape index (κ1) is 16.1. The normalized spacial score (nSPS) is 12.4. The van der Waals surface area contributed by atoms with Gasteiger partial charge in [-0.25, -0.2) is 4.79 Å². The van der Waals surface area contributed by atoms with E-state index in [0.29, 0.717) is 17.0 Å². The Labute approximate surface area is 140 Å². The lowest BCUT2D eigenvalue weighted by atomic mass is 10.1. The van der Waals surface area contributed by atoms with Crippen molar-refractivity contribution in [3.05, 3.63) is 59.2 Å². The van der Waals surface area contributed by atoms with Crippen molar-refractivity contribution in [3.8, 4) is 5.75 Å². The predicted molar refractivity (Wildman–Crippen MR) is 90.4 cm³/mol. The quantitative estimate of drug-likeness (QED) is 0.858. The van der Waals surface area contributed by atoms with Gasteiger partial charge in [0.2, 0.25) is 0 Å². The van der Waals surface area contributed by atoms with Gasteiger partial charge in [-0.2, -0.15) is 0 Å². The highest BCUT2D eigenvalue weighted by atomic mass is 16.5. The largest absolute Gasteiger partial charge is 0.497 e. The van der Waals surface area contributed by atoms with Crippen LogP contribution in [0.1, 0.15) is 27.9 Å². The molecule has 0 unspecified atom stereocenters. The van der Waals surface area contributed by atoms with Crippen molar-refractivity contribution in [1.29, 1.82) is 0 Å². The molecule has 0 spiro atoms. The maximum atomic E-state index is 12.1. The van der Waals surface area contributed by atoms with Crippen molar-refractivity contribution in [3.63, 3.8) is 0 Å². The highest BCUT2D eigenvalue weighted by Gasteiger charge is 2.15. The summed E-state index contributed by atoms with van der Waals surface area (Å²) in [6, 6.07) is 12.5. The Bertz CT molecular complexity index is 752. The van der Waals surface area contributed by atoms with Crippen LogP contribution in [-0.2, 0) is 22.4 Å². The molecule has 0 bridgehead atoms. The van der Waals surface area contributed by atoms with Gasteiger partial charge in [-0.05, 0) is 66.8 Å². The van der Waals surface area contributed by atoms with Crippen LogP contribution in [0.4, 0.5) is 5.69 Å². The van der Waals surface area contributed by atoms with Gasteiger partial charge in [0.1, 0.15) is 5.75 Å². The number of esters is 1. The molecular formula is C19H19NO4. The first-order valence-corrected chi connectivity index (χ1v) is 7.88. The zero-order valence-corrected chi connectivity index (χ0v) is 13.5. The van der Waals surface area contributed by atoms with Gasteiger partial charge in [0.05, 0.1) is 12.7 Å². The zero-order chi connectivity index (χ0) is 16.9. The monoisotopic (exact) mass is 325 g/mol. The summed E-state index contributed by atoms with van der Waals surface area (Å²) in [4.78, 5) is 23.9. The van der Waals surface area contributed by atoms with Crippen LogP contribution in [0.5, 0.6) is 5.75 Å². The molecule has 5 heteroatoms. The number of rotatable bonds is 5. The summed E-state index contributed by atoms with van der Waals surface area (Å²) >= 11 is 0. The molecule has 124 valence electrons. The number of anilines is 1. The second-order valence-electron chi connectivity index (χ2n) is 5.69. The molecule has 1 N–H and O–H groups in total. The Hall–Kier alpha value is -2.82. The molecule has 0 aromatic heterocycles. The van der Waals surface area contributed by atoms with Crippen molar-refractivity contribution >= 4 is 17.6 Å². The average Bonchev–Trinajstić information content (AvgIpc) is 3.08. The maximum Gasteiger partial charge on any atom is 0.338 e. The van der Waals surface area contributed by atoms with Gasteiger partial charge in [0.15, 0.2) is 6.61 Å². The molecule has 0 radical (unpaired) electrons. The predicted octanol–water partition coefficient (Wildman–Crippen LogP) is 2.98. The lowest BCUT2D eigenvalue weighted by Crippen LogP contribution is -2.21. The molecule has 1 aliphatic rings. The second kappa shape index (κ2) is 7.17. The smallest absolute Gasteiger partial charge is 0.338 e. The van der Waals surface area contributed by atoms with Crippen LogP contribution in [0.2, 0.25) is 0 Å². The fourth-order valence-corrected chi connectivity index (χ4v) is 2.78. The average molecular weight is 325 g/mol. The number of aryl methyl sites for hydroxylation is 2. The van der Waals surface area contributed by atoms with Crippen LogP contribution in [-0.4, -0.2) is 25.6 Å². The van der Waals surface area contributed by atoms with Gasteiger partial charge in [-0.3, -0.25) is 4.79 Å². The molecule has 0 atom stereocenters. The highest BCUT2D eigenvalue weighted by Crippen LogP contribution is 2.23. The van der Waals surface area contributed by atoms with Gasteiger partial charge < -0.3 is 14.8 Å². The third kappa shape index (κ3) is 3.74. The molecule has 5 nitrogen and oxygen atoms in total. The molecule has 0 fully saturated rings. The second-order valence-corrected chi connectivity index (χ2v) is 5.69. The van der Waals surface area contributed by atoms with E-state index in [1.807, 2.05) is 12.1 Å². The number of amides is 1. The van der Waals surface area contributed by atoms with Crippen LogP contribution >= 0.6 is 0 Å². The molecule has 24 heavy (non-hydrogen) atoms. The molecule has 0 saturated carbocycles. The zero-order valence-electron chi connectivity index (χ0n) is 13.5. The molecule has 3 rings (SSSR count). The molecule has 0 saturated heterocycles. The molecule has 0 aliphatic heterocycles. The topological polar surface area (TPSA) is 64.6 Å². The Morgan fingerprint density at radius 1 is 1.04 bits per heavy atom. The number of hydrogen-bond donors (Lipinski definition) is 1. The molecular weight excluding hydrogens is 306 g/mol. The van der Waals surface area contributed by atoms with Crippen molar-refractivity contribution < 1.29 is 19.1 Å². The Morgan fingerprint density at radius 3 is 2.54 bits per heavy atom. The van der Waals surface area contributed by atoms with Gasteiger partial charge in [0.25, 0.3) is 5.91 Å². The first-order chi connectivity index (χ1) is 11.7. The minimum Gasteiger partial charge on any atom is -0.497 e. The van der Waals surface area contributed by atoms with E-state index in [9.17, 15) is 9.59 Å². The molecule has 2 aromatic carbocycles. The Kier molecular flexibility index (Phi) is 4.79. The number of carbonyl (C=O) groups is 2. The van der Waals surface area contributed by atoms with E-state index >= 15 is 0 Å². The minimum atomic E-state index is -0.477. The SMILES string of the molecule is COc1ccc(NC(=O)COC(=O)c2ccc3c(c2)CCC3)cc1. The number of nitrogens with one attached hydrogen (secondary N) is 1. The van der Waals surface area contributed by atoms with E-state index in [2.05, 4.69) is 5.32 Å². The van der Waals surface area contributed by atoms with Gasteiger partial charge >= 0.3 is 5.97 Å². The first-order valence-electron chi connectivity index (χ1n) is 7.88. The van der Waals surface area contributed by atoms with E-state index in [0.717, 1.165) is 19.3 Å². The number of ether oxygens (including phenoxy) is 2. The lowest BCUT2D eigenvalue weighted by Gasteiger charge is -2.08. The number of benzene rings is 2. The summed E-state index contributed by atoms with van der Waals surface area (Å²) in [5.74, 6) is -0.153. The van der Waals surface area contributed by atoms with E-state index < -0.39 is 5.97 Å². The fraction of sp³-hybridized carbons (Fsp3) is 0.263. The van der Waals surface area contributed by atoms with Gasteiger partial charge in [0, 0.05) is 5.69 Å². The Morgan fingerprint density at radius 2 is 1.79 bits per heavy atom. The van der Waals surface area contributed by atoms with E-state index in [-0.39, 0.29) is 12.5 Å². The third-order valence-electron chi connectivity index (χ3n) is 4.04. The number of methoxy groups -OCH3 is 1. The summed E-state index contributed by atoms with van der Waals surface area (Å²) in [6.07, 6.45) is 3.18. The highest BCUT2D eigenvalue weighted by molar-refractivity contribution is 5.95. The van der Waals surface area contributed by atoms with Crippen LogP contribution in [0, 0.1) is 0 Å². The summed E-state index contributed by atoms with van der Waals surface area (Å²) in [5, 5.41) is 2.67. The summed E-state index contributed by atoms with van der Waals surface area (Å²) in [7, 11) is 1.58. The number of carbonyl (C=O) groups excluding carboxylic acids is 2. The molecule has 1 aliphatic carbocycles.